The molecule has 1 fully saturated rings. The van der Waals surface area contributed by atoms with Crippen LogP contribution < -0.4 is 5.32 Å². The minimum atomic E-state index is 0.687. The highest BCUT2D eigenvalue weighted by atomic mass is 32.1. The summed E-state index contributed by atoms with van der Waals surface area (Å²) in [6, 6.07) is 4.08. The zero-order valence-electron chi connectivity index (χ0n) is 12.1. The van der Waals surface area contributed by atoms with Gasteiger partial charge in [0.2, 0.25) is 0 Å². The highest BCUT2D eigenvalue weighted by molar-refractivity contribution is 7.15. The van der Waals surface area contributed by atoms with Gasteiger partial charge in [0.25, 0.3) is 0 Å². The maximum absolute atomic E-state index is 4.89. The largest absolute Gasteiger partial charge is 0.312 e. The zero-order chi connectivity index (χ0) is 13.9. The van der Waals surface area contributed by atoms with E-state index >= 15 is 0 Å². The lowest BCUT2D eigenvalue weighted by molar-refractivity contribution is 0.553. The van der Waals surface area contributed by atoms with Crippen molar-refractivity contribution < 1.29 is 0 Å². The molecule has 1 N–H and O–H groups in total. The maximum atomic E-state index is 4.89. The molecule has 2 aromatic rings. The van der Waals surface area contributed by atoms with Crippen molar-refractivity contribution in [3.63, 3.8) is 0 Å². The average molecular weight is 287 g/mol. The van der Waals surface area contributed by atoms with Crippen molar-refractivity contribution in [2.75, 3.05) is 6.54 Å². The van der Waals surface area contributed by atoms with E-state index in [0.29, 0.717) is 11.8 Å². The van der Waals surface area contributed by atoms with Crippen LogP contribution >= 0.6 is 11.3 Å². The molecule has 0 amide bonds. The van der Waals surface area contributed by atoms with Crippen LogP contribution in [0, 0.1) is 5.92 Å². The summed E-state index contributed by atoms with van der Waals surface area (Å²) in [4.78, 5) is 10.4. The number of nitrogens with zero attached hydrogens (tertiary/aromatic N) is 2. The molecule has 1 aliphatic carbocycles. The average Bonchev–Trinajstić information content (AvgIpc) is 3.20. The molecule has 0 unspecified atom stereocenters. The smallest absolute Gasteiger partial charge is 0.124 e. The molecule has 0 aliphatic heterocycles. The Labute approximate surface area is 124 Å². The van der Waals surface area contributed by atoms with Crippen molar-refractivity contribution in [3.05, 3.63) is 35.1 Å². The number of pyridine rings is 1. The van der Waals surface area contributed by atoms with Gasteiger partial charge in [-0.15, -0.1) is 11.3 Å². The third-order valence-electron chi connectivity index (χ3n) is 3.46. The molecule has 1 saturated carbocycles. The van der Waals surface area contributed by atoms with E-state index < -0.39 is 0 Å². The fourth-order valence-electron chi connectivity index (χ4n) is 2.26. The first-order valence-corrected chi connectivity index (χ1v) is 8.16. The normalized spacial score (nSPS) is 14.9. The molecular weight excluding hydrogens is 266 g/mol. The van der Waals surface area contributed by atoms with E-state index in [0.717, 1.165) is 18.1 Å². The predicted octanol–water partition coefficient (Wildman–Crippen LogP) is 3.83. The first-order chi connectivity index (χ1) is 9.74. The van der Waals surface area contributed by atoms with Crippen molar-refractivity contribution in [2.45, 2.75) is 39.2 Å². The Balaban J connectivity index is 1.79. The van der Waals surface area contributed by atoms with Gasteiger partial charge in [0.1, 0.15) is 5.01 Å². The van der Waals surface area contributed by atoms with Crippen LogP contribution in [0.4, 0.5) is 0 Å². The van der Waals surface area contributed by atoms with Gasteiger partial charge >= 0.3 is 0 Å². The summed E-state index contributed by atoms with van der Waals surface area (Å²) in [6.45, 7) is 6.49. The van der Waals surface area contributed by atoms with Crippen molar-refractivity contribution in [3.8, 4) is 10.6 Å². The van der Waals surface area contributed by atoms with Crippen LogP contribution in [0.1, 0.15) is 43.2 Å². The van der Waals surface area contributed by atoms with Gasteiger partial charge in [-0.2, -0.15) is 0 Å². The minimum Gasteiger partial charge on any atom is -0.312 e. The van der Waals surface area contributed by atoms with Crippen molar-refractivity contribution in [1.82, 2.24) is 15.3 Å². The second kappa shape index (κ2) is 6.02. The third kappa shape index (κ3) is 3.25. The first-order valence-electron chi connectivity index (χ1n) is 7.34. The van der Waals surface area contributed by atoms with Gasteiger partial charge in [-0.1, -0.05) is 13.8 Å². The molecule has 4 heteroatoms. The van der Waals surface area contributed by atoms with Gasteiger partial charge in [-0.25, -0.2) is 4.98 Å². The molecular formula is C16H21N3S. The van der Waals surface area contributed by atoms with Crippen LogP contribution in [-0.2, 0) is 6.54 Å². The topological polar surface area (TPSA) is 37.8 Å². The lowest BCUT2D eigenvalue weighted by Gasteiger charge is -2.06. The highest BCUT2D eigenvalue weighted by Crippen LogP contribution is 2.44. The van der Waals surface area contributed by atoms with Gasteiger partial charge in [0.15, 0.2) is 0 Å². The zero-order valence-corrected chi connectivity index (χ0v) is 12.9. The van der Waals surface area contributed by atoms with E-state index in [-0.39, 0.29) is 0 Å². The summed E-state index contributed by atoms with van der Waals surface area (Å²) in [7, 11) is 0. The number of nitrogens with one attached hydrogen (secondary N) is 1. The van der Waals surface area contributed by atoms with Gasteiger partial charge in [-0.05, 0) is 37.4 Å². The Bertz CT molecular complexity index is 558. The quantitative estimate of drug-likeness (QED) is 0.877. The van der Waals surface area contributed by atoms with E-state index in [1.807, 2.05) is 35.9 Å². The molecule has 0 saturated heterocycles. The molecule has 0 atom stereocenters. The van der Waals surface area contributed by atoms with E-state index in [9.17, 15) is 0 Å². The number of rotatable bonds is 6. The summed E-state index contributed by atoms with van der Waals surface area (Å²) in [5.41, 5.74) is 2.51. The van der Waals surface area contributed by atoms with Crippen LogP contribution in [-0.4, -0.2) is 16.5 Å². The van der Waals surface area contributed by atoms with Crippen molar-refractivity contribution in [2.24, 2.45) is 5.92 Å². The SMILES string of the molecule is CC(C)CNCc1sc(-c2ccncc2)nc1C1CC1. The number of hydrogen-bond acceptors (Lipinski definition) is 4. The van der Waals surface area contributed by atoms with E-state index in [4.69, 9.17) is 4.98 Å². The number of hydrogen-bond donors (Lipinski definition) is 1. The van der Waals surface area contributed by atoms with E-state index in [2.05, 4.69) is 24.1 Å². The fraction of sp³-hybridized carbons (Fsp3) is 0.500. The van der Waals surface area contributed by atoms with Crippen molar-refractivity contribution >= 4 is 11.3 Å². The Hall–Kier alpha value is -1.26. The van der Waals surface area contributed by atoms with E-state index in [1.165, 1.54) is 29.0 Å². The summed E-state index contributed by atoms with van der Waals surface area (Å²) >= 11 is 1.83. The standard InChI is InChI=1S/C16H21N3S/c1-11(2)9-18-10-14-15(12-3-4-12)19-16(20-14)13-5-7-17-8-6-13/h5-8,11-12,18H,3-4,9-10H2,1-2H3. The molecule has 2 aromatic heterocycles. The molecule has 0 spiro atoms. The first kappa shape index (κ1) is 13.7. The molecule has 1 aliphatic rings. The lowest BCUT2D eigenvalue weighted by Crippen LogP contribution is -2.18. The maximum Gasteiger partial charge on any atom is 0.124 e. The molecule has 0 radical (unpaired) electrons. The van der Waals surface area contributed by atoms with Crippen LogP contribution in [0.3, 0.4) is 0 Å². The van der Waals surface area contributed by atoms with Crippen molar-refractivity contribution in [1.29, 1.82) is 0 Å². The van der Waals surface area contributed by atoms with Crippen LogP contribution in [0.25, 0.3) is 10.6 Å². The van der Waals surface area contributed by atoms with Gasteiger partial charge in [-0.3, -0.25) is 4.98 Å². The molecule has 2 heterocycles. The lowest BCUT2D eigenvalue weighted by atomic mass is 10.2. The summed E-state index contributed by atoms with van der Waals surface area (Å²) in [5.74, 6) is 1.39. The van der Waals surface area contributed by atoms with Crippen LogP contribution in [0.15, 0.2) is 24.5 Å². The third-order valence-corrected chi connectivity index (χ3v) is 4.58. The Morgan fingerprint density at radius 2 is 2.05 bits per heavy atom. The van der Waals surface area contributed by atoms with Crippen LogP contribution in [0.5, 0.6) is 0 Å². The second-order valence-corrected chi connectivity index (χ2v) is 6.95. The molecule has 0 bridgehead atoms. The van der Waals surface area contributed by atoms with E-state index in [1.54, 1.807) is 0 Å². The fourth-order valence-corrected chi connectivity index (χ4v) is 3.38. The monoisotopic (exact) mass is 287 g/mol. The predicted molar refractivity (Wildman–Crippen MR) is 83.9 cm³/mol. The van der Waals surface area contributed by atoms with Gasteiger partial charge in [0, 0.05) is 35.3 Å². The van der Waals surface area contributed by atoms with Crippen LogP contribution in [0.2, 0.25) is 0 Å². The van der Waals surface area contributed by atoms with Gasteiger partial charge < -0.3 is 5.32 Å². The Kier molecular flexibility index (Phi) is 4.13. The summed E-state index contributed by atoms with van der Waals surface area (Å²) < 4.78 is 0. The minimum absolute atomic E-state index is 0.687. The summed E-state index contributed by atoms with van der Waals surface area (Å²) in [6.07, 6.45) is 6.28. The second-order valence-electron chi connectivity index (χ2n) is 5.86. The number of aromatic nitrogens is 2. The Morgan fingerprint density at radius 3 is 2.70 bits per heavy atom. The summed E-state index contributed by atoms with van der Waals surface area (Å²) in [5, 5.41) is 4.68. The highest BCUT2D eigenvalue weighted by Gasteiger charge is 2.29. The Morgan fingerprint density at radius 1 is 1.30 bits per heavy atom. The molecule has 3 nitrogen and oxygen atoms in total. The number of thiazole rings is 1. The molecule has 3 rings (SSSR count). The molecule has 0 aromatic carbocycles. The molecule has 106 valence electrons. The van der Waals surface area contributed by atoms with Gasteiger partial charge in [0.05, 0.1) is 5.69 Å². The molecule has 20 heavy (non-hydrogen) atoms.